The normalized spacial score (nSPS) is 17.6. The molecule has 0 N–H and O–H groups in total. The topological polar surface area (TPSA) is 79.1 Å². The average Bonchev–Trinajstić information content (AvgIpc) is 3.39. The third-order valence-corrected chi connectivity index (χ3v) is 7.39. The van der Waals surface area contributed by atoms with Crippen LogP contribution in [-0.4, -0.2) is 82.9 Å². The van der Waals surface area contributed by atoms with Crippen LogP contribution in [0.5, 0.6) is 0 Å². The quantitative estimate of drug-likeness (QED) is 0.477. The monoisotopic (exact) mass is 491 g/mol. The van der Waals surface area contributed by atoms with Crippen LogP contribution in [0.3, 0.4) is 0 Å². The predicted octanol–water partition coefficient (Wildman–Crippen LogP) is 3.49. The van der Waals surface area contributed by atoms with E-state index in [4.69, 9.17) is 14.8 Å². The van der Waals surface area contributed by atoms with Crippen molar-refractivity contribution < 1.29 is 9.53 Å². The van der Waals surface area contributed by atoms with Gasteiger partial charge in [-0.2, -0.15) is 9.50 Å². The fourth-order valence-corrected chi connectivity index (χ4v) is 5.14. The molecule has 1 atom stereocenters. The first kappa shape index (κ1) is 24.5. The fourth-order valence-electron chi connectivity index (χ4n) is 5.14. The van der Waals surface area contributed by atoms with Crippen molar-refractivity contribution in [3.63, 3.8) is 0 Å². The molecule has 0 bridgehead atoms. The number of hydrogen-bond acceptors (Lipinski definition) is 7. The Hall–Kier alpha value is -3.20. The van der Waals surface area contributed by atoms with E-state index in [9.17, 15) is 4.79 Å². The zero-order valence-corrected chi connectivity index (χ0v) is 21.5. The van der Waals surface area contributed by atoms with Crippen molar-refractivity contribution in [2.24, 2.45) is 5.92 Å². The minimum absolute atomic E-state index is 0.145. The SMILES string of the molecule is CCCCC(CC)C(=O)N1CCN(c2nc3nccc(-c4ccc(N5CCOCC5)cc4)n3n2)CC1. The maximum atomic E-state index is 13.0. The molecule has 9 heteroatoms. The molecule has 2 saturated heterocycles. The fraction of sp³-hybridized carbons (Fsp3) is 0.556. The number of rotatable bonds is 8. The summed E-state index contributed by atoms with van der Waals surface area (Å²) in [5.41, 5.74) is 3.24. The van der Waals surface area contributed by atoms with Gasteiger partial charge in [0.15, 0.2) is 0 Å². The summed E-state index contributed by atoms with van der Waals surface area (Å²) in [6, 6.07) is 10.6. The van der Waals surface area contributed by atoms with E-state index in [2.05, 4.69) is 52.9 Å². The molecule has 4 heterocycles. The van der Waals surface area contributed by atoms with Crippen LogP contribution in [0.25, 0.3) is 17.0 Å². The van der Waals surface area contributed by atoms with Crippen LogP contribution in [0, 0.1) is 5.92 Å². The van der Waals surface area contributed by atoms with Crippen molar-refractivity contribution in [3.8, 4) is 11.3 Å². The van der Waals surface area contributed by atoms with Crippen LogP contribution in [0.4, 0.5) is 11.6 Å². The molecule has 2 aromatic heterocycles. The summed E-state index contributed by atoms with van der Waals surface area (Å²) < 4.78 is 7.30. The number of nitrogens with zero attached hydrogens (tertiary/aromatic N) is 7. The minimum atomic E-state index is 0.145. The third kappa shape index (κ3) is 5.16. The lowest BCUT2D eigenvalue weighted by Gasteiger charge is -2.35. The molecule has 5 rings (SSSR count). The number of ether oxygens (including phenoxy) is 1. The van der Waals surface area contributed by atoms with Gasteiger partial charge in [0.25, 0.3) is 5.78 Å². The molecule has 2 aliphatic heterocycles. The highest BCUT2D eigenvalue weighted by Crippen LogP contribution is 2.25. The van der Waals surface area contributed by atoms with Crippen LogP contribution >= 0.6 is 0 Å². The summed E-state index contributed by atoms with van der Waals surface area (Å²) in [5.74, 6) is 1.71. The van der Waals surface area contributed by atoms with Gasteiger partial charge in [-0.25, -0.2) is 4.98 Å². The maximum Gasteiger partial charge on any atom is 0.254 e. The second kappa shape index (κ2) is 11.2. The largest absolute Gasteiger partial charge is 0.378 e. The van der Waals surface area contributed by atoms with Crippen LogP contribution in [-0.2, 0) is 9.53 Å². The number of carbonyl (C=O) groups excluding carboxylic acids is 1. The lowest BCUT2D eigenvalue weighted by Crippen LogP contribution is -2.50. The van der Waals surface area contributed by atoms with Crippen LogP contribution in [0.2, 0.25) is 0 Å². The summed E-state index contributed by atoms with van der Waals surface area (Å²) in [4.78, 5) is 28.7. The van der Waals surface area contributed by atoms with Gasteiger partial charge in [-0.15, -0.1) is 5.10 Å². The van der Waals surface area contributed by atoms with Crippen LogP contribution < -0.4 is 9.80 Å². The Labute approximate surface area is 213 Å². The molecule has 36 heavy (non-hydrogen) atoms. The molecule has 9 nitrogen and oxygen atoms in total. The Morgan fingerprint density at radius 1 is 0.972 bits per heavy atom. The van der Waals surface area contributed by atoms with Crippen molar-refractivity contribution in [1.29, 1.82) is 0 Å². The van der Waals surface area contributed by atoms with Crippen molar-refractivity contribution in [2.75, 3.05) is 62.3 Å². The van der Waals surface area contributed by atoms with E-state index < -0.39 is 0 Å². The third-order valence-electron chi connectivity index (χ3n) is 7.39. The Kier molecular flexibility index (Phi) is 7.65. The number of piperazine rings is 1. The first-order chi connectivity index (χ1) is 17.7. The van der Waals surface area contributed by atoms with E-state index in [0.717, 1.165) is 76.3 Å². The number of fused-ring (bicyclic) bond motifs is 1. The van der Waals surface area contributed by atoms with Gasteiger partial charge in [0.1, 0.15) is 0 Å². The van der Waals surface area contributed by atoms with Gasteiger partial charge in [0.05, 0.1) is 18.9 Å². The Morgan fingerprint density at radius 2 is 1.72 bits per heavy atom. The number of benzene rings is 1. The van der Waals surface area contributed by atoms with Crippen LogP contribution in [0.15, 0.2) is 36.5 Å². The van der Waals surface area contributed by atoms with Gasteiger partial charge in [0.2, 0.25) is 11.9 Å². The number of amides is 1. The van der Waals surface area contributed by atoms with E-state index in [1.807, 2.05) is 15.5 Å². The molecular weight excluding hydrogens is 454 g/mol. The summed E-state index contributed by atoms with van der Waals surface area (Å²) in [7, 11) is 0. The van der Waals surface area contributed by atoms with Crippen molar-refractivity contribution in [2.45, 2.75) is 39.5 Å². The van der Waals surface area contributed by atoms with Crippen molar-refractivity contribution in [1.82, 2.24) is 24.5 Å². The second-order valence-electron chi connectivity index (χ2n) is 9.66. The number of anilines is 2. The summed E-state index contributed by atoms with van der Waals surface area (Å²) in [6.07, 6.45) is 5.93. The molecule has 1 aromatic carbocycles. The highest BCUT2D eigenvalue weighted by atomic mass is 16.5. The summed E-state index contributed by atoms with van der Waals surface area (Å²) >= 11 is 0. The molecule has 0 radical (unpaired) electrons. The Bertz CT molecular complexity index is 1150. The molecular formula is C27H37N7O2. The summed E-state index contributed by atoms with van der Waals surface area (Å²) in [6.45, 7) is 10.6. The van der Waals surface area contributed by atoms with E-state index >= 15 is 0 Å². The van der Waals surface area contributed by atoms with Gasteiger partial charge in [-0.3, -0.25) is 4.79 Å². The molecule has 2 aliphatic rings. The molecule has 192 valence electrons. The first-order valence-corrected chi connectivity index (χ1v) is 13.4. The maximum absolute atomic E-state index is 13.0. The number of carbonyl (C=O) groups is 1. The molecule has 1 unspecified atom stereocenters. The van der Waals surface area contributed by atoms with E-state index in [-0.39, 0.29) is 5.92 Å². The molecule has 1 amide bonds. The highest BCUT2D eigenvalue weighted by molar-refractivity contribution is 5.79. The number of unbranched alkanes of at least 4 members (excludes halogenated alkanes) is 1. The molecule has 2 fully saturated rings. The molecule has 0 spiro atoms. The highest BCUT2D eigenvalue weighted by Gasteiger charge is 2.27. The Balaban J connectivity index is 1.28. The second-order valence-corrected chi connectivity index (χ2v) is 9.66. The Morgan fingerprint density at radius 3 is 2.42 bits per heavy atom. The van der Waals surface area contributed by atoms with Crippen molar-refractivity contribution >= 4 is 23.3 Å². The zero-order valence-electron chi connectivity index (χ0n) is 21.5. The zero-order chi connectivity index (χ0) is 24.9. The first-order valence-electron chi connectivity index (χ1n) is 13.4. The van der Waals surface area contributed by atoms with Crippen molar-refractivity contribution in [3.05, 3.63) is 36.5 Å². The van der Waals surface area contributed by atoms with Gasteiger partial charge >= 0.3 is 0 Å². The lowest BCUT2D eigenvalue weighted by molar-refractivity contribution is -0.136. The van der Waals surface area contributed by atoms with E-state index in [1.54, 1.807) is 6.20 Å². The van der Waals surface area contributed by atoms with E-state index in [1.165, 1.54) is 5.69 Å². The van der Waals surface area contributed by atoms with Gasteiger partial charge in [-0.1, -0.05) is 38.8 Å². The van der Waals surface area contributed by atoms with Gasteiger partial charge in [0, 0.05) is 62.6 Å². The molecule has 3 aromatic rings. The number of morpholine rings is 1. The molecule has 0 saturated carbocycles. The summed E-state index contributed by atoms with van der Waals surface area (Å²) in [5, 5.41) is 4.83. The van der Waals surface area contributed by atoms with E-state index in [0.29, 0.717) is 30.7 Å². The van der Waals surface area contributed by atoms with Gasteiger partial charge in [-0.05, 0) is 31.0 Å². The number of aromatic nitrogens is 4. The number of hydrogen-bond donors (Lipinski definition) is 0. The molecule has 0 aliphatic carbocycles. The average molecular weight is 492 g/mol. The standard InChI is InChI=1S/C27H37N7O2/c1-3-5-6-21(4-2)25(35)32-13-15-33(16-14-32)27-29-26-28-12-11-24(34(26)30-27)22-7-9-23(10-8-22)31-17-19-36-20-18-31/h7-12,21H,3-6,13-20H2,1-2H3. The lowest BCUT2D eigenvalue weighted by atomic mass is 9.97. The smallest absolute Gasteiger partial charge is 0.254 e. The van der Waals surface area contributed by atoms with Gasteiger partial charge < -0.3 is 19.4 Å². The predicted molar refractivity (Wildman–Crippen MR) is 141 cm³/mol. The van der Waals surface area contributed by atoms with Crippen LogP contribution in [0.1, 0.15) is 39.5 Å². The minimum Gasteiger partial charge on any atom is -0.378 e.